The minimum Gasteiger partial charge on any atom is -0.356 e. The average molecular weight is 351 g/mol. The molecule has 122 valence electrons. The first-order chi connectivity index (χ1) is 10.9. The Hall–Kier alpha value is -1.59. The van der Waals surface area contributed by atoms with Crippen LogP contribution in [0.5, 0.6) is 0 Å². The molecule has 0 spiro atoms. The highest BCUT2D eigenvalue weighted by Gasteiger charge is 2.18. The van der Waals surface area contributed by atoms with Gasteiger partial charge in [-0.25, -0.2) is 13.4 Å². The topological polar surface area (TPSA) is 50.3 Å². The zero-order valence-electron chi connectivity index (χ0n) is 13.0. The summed E-state index contributed by atoms with van der Waals surface area (Å²) in [4.78, 5) is 7.07. The van der Waals surface area contributed by atoms with Gasteiger partial charge in [0.2, 0.25) is 0 Å². The minimum atomic E-state index is -3.25. The Balaban J connectivity index is 2.10. The van der Waals surface area contributed by atoms with Gasteiger partial charge in [-0.05, 0) is 43.0 Å². The molecule has 1 fully saturated rings. The van der Waals surface area contributed by atoms with Crippen molar-refractivity contribution in [2.24, 2.45) is 0 Å². The maximum atomic E-state index is 11.8. The highest BCUT2D eigenvalue weighted by Crippen LogP contribution is 2.33. The fourth-order valence-corrected chi connectivity index (χ4v) is 3.72. The number of benzene rings is 1. The quantitative estimate of drug-likeness (QED) is 0.845. The van der Waals surface area contributed by atoms with Crippen LogP contribution >= 0.6 is 11.6 Å². The predicted octanol–water partition coefficient (Wildman–Crippen LogP) is 3.80. The molecule has 2 heterocycles. The molecule has 1 aliphatic heterocycles. The van der Waals surface area contributed by atoms with E-state index in [1.165, 1.54) is 12.7 Å². The fraction of sp³-hybridized carbons (Fsp3) is 0.353. The Morgan fingerprint density at radius 2 is 1.87 bits per heavy atom. The van der Waals surface area contributed by atoms with E-state index < -0.39 is 9.84 Å². The molecule has 0 N–H and O–H groups in total. The van der Waals surface area contributed by atoms with Crippen molar-refractivity contribution in [3.63, 3.8) is 0 Å². The summed E-state index contributed by atoms with van der Waals surface area (Å²) in [6.07, 6.45) is 6.40. The maximum Gasteiger partial charge on any atom is 0.175 e. The lowest BCUT2D eigenvalue weighted by atomic mass is 10.0. The Labute approximate surface area is 142 Å². The predicted molar refractivity (Wildman–Crippen MR) is 93.9 cm³/mol. The molecule has 0 radical (unpaired) electrons. The summed E-state index contributed by atoms with van der Waals surface area (Å²) < 4.78 is 23.6. The van der Waals surface area contributed by atoms with E-state index in [4.69, 9.17) is 11.6 Å². The van der Waals surface area contributed by atoms with Crippen LogP contribution in [-0.4, -0.2) is 32.7 Å². The van der Waals surface area contributed by atoms with Gasteiger partial charge in [0, 0.05) is 31.1 Å². The first-order valence-electron chi connectivity index (χ1n) is 7.66. The summed E-state index contributed by atoms with van der Waals surface area (Å²) in [7, 11) is -3.25. The molecular formula is C17H19ClN2O2S. The monoisotopic (exact) mass is 350 g/mol. The largest absolute Gasteiger partial charge is 0.356 e. The number of halogens is 1. The van der Waals surface area contributed by atoms with Crippen molar-refractivity contribution < 1.29 is 8.42 Å². The number of anilines is 1. The third-order valence-electron chi connectivity index (χ3n) is 4.06. The Morgan fingerprint density at radius 1 is 1.13 bits per heavy atom. The third-order valence-corrected chi connectivity index (χ3v) is 5.38. The number of pyridine rings is 1. The van der Waals surface area contributed by atoms with Crippen molar-refractivity contribution in [1.29, 1.82) is 0 Å². The molecule has 0 aliphatic carbocycles. The number of hydrogen-bond acceptors (Lipinski definition) is 4. The smallest absolute Gasteiger partial charge is 0.175 e. The molecule has 2 aromatic rings. The lowest BCUT2D eigenvalue weighted by molar-refractivity contribution is 0.574. The van der Waals surface area contributed by atoms with Gasteiger partial charge in [-0.2, -0.15) is 0 Å². The summed E-state index contributed by atoms with van der Waals surface area (Å²) in [5, 5.41) is 0.547. The molecule has 1 aromatic carbocycles. The van der Waals surface area contributed by atoms with Gasteiger partial charge < -0.3 is 4.90 Å². The van der Waals surface area contributed by atoms with Gasteiger partial charge in [0.1, 0.15) is 5.82 Å². The molecule has 0 atom stereocenters. The number of hydrogen-bond donors (Lipinski definition) is 0. The molecule has 1 aliphatic rings. The second kappa shape index (κ2) is 6.49. The molecule has 3 rings (SSSR count). The summed E-state index contributed by atoms with van der Waals surface area (Å²) in [6.45, 7) is 1.93. The van der Waals surface area contributed by atoms with Crippen molar-refractivity contribution in [3.8, 4) is 11.1 Å². The van der Waals surface area contributed by atoms with E-state index >= 15 is 0 Å². The van der Waals surface area contributed by atoms with Crippen molar-refractivity contribution in [2.75, 3.05) is 24.2 Å². The van der Waals surface area contributed by atoms with Gasteiger partial charge in [-0.1, -0.05) is 23.7 Å². The number of sulfone groups is 1. The third kappa shape index (κ3) is 3.67. The normalized spacial score (nSPS) is 15.7. The van der Waals surface area contributed by atoms with Crippen LogP contribution in [0.15, 0.2) is 41.4 Å². The molecule has 0 amide bonds. The zero-order chi connectivity index (χ0) is 16.4. The summed E-state index contributed by atoms with van der Waals surface area (Å²) in [5.41, 5.74) is 1.70. The minimum absolute atomic E-state index is 0.305. The molecule has 0 bridgehead atoms. The summed E-state index contributed by atoms with van der Waals surface area (Å²) >= 11 is 6.14. The number of piperidine rings is 1. The molecule has 1 aromatic heterocycles. The fourth-order valence-electron chi connectivity index (χ4n) is 2.90. The van der Waals surface area contributed by atoms with Crippen LogP contribution in [0.25, 0.3) is 11.1 Å². The average Bonchev–Trinajstić information content (AvgIpc) is 2.55. The second-order valence-corrected chi connectivity index (χ2v) is 8.32. The lowest BCUT2D eigenvalue weighted by Gasteiger charge is -2.29. The highest BCUT2D eigenvalue weighted by atomic mass is 35.5. The Kier molecular flexibility index (Phi) is 4.60. The van der Waals surface area contributed by atoms with E-state index in [1.807, 2.05) is 12.1 Å². The molecular weight excluding hydrogens is 332 g/mol. The van der Waals surface area contributed by atoms with Gasteiger partial charge in [0.25, 0.3) is 0 Å². The van der Waals surface area contributed by atoms with E-state index in [-0.39, 0.29) is 0 Å². The van der Waals surface area contributed by atoms with Crippen LogP contribution in [0.4, 0.5) is 5.82 Å². The van der Waals surface area contributed by atoms with Crippen LogP contribution < -0.4 is 4.90 Å². The van der Waals surface area contributed by atoms with Crippen LogP contribution in [0.2, 0.25) is 5.02 Å². The number of nitrogens with zero attached hydrogens (tertiary/aromatic N) is 2. The zero-order valence-corrected chi connectivity index (χ0v) is 14.6. The van der Waals surface area contributed by atoms with E-state index in [1.54, 1.807) is 24.4 Å². The first-order valence-corrected chi connectivity index (χ1v) is 9.93. The Bertz CT molecular complexity index is 815. The standard InChI is InChI=1S/C17H19ClN2O2S/c1-23(21,22)15-7-5-6-13(10-15)16-11-14(18)12-19-17(16)20-8-3-2-4-9-20/h5-7,10-12H,2-4,8-9H2,1H3. The molecule has 6 heteroatoms. The molecule has 4 nitrogen and oxygen atoms in total. The molecule has 0 unspecified atom stereocenters. The summed E-state index contributed by atoms with van der Waals surface area (Å²) in [6, 6.07) is 8.81. The van der Waals surface area contributed by atoms with Gasteiger partial charge in [-0.15, -0.1) is 0 Å². The van der Waals surface area contributed by atoms with Crippen molar-refractivity contribution in [1.82, 2.24) is 4.98 Å². The van der Waals surface area contributed by atoms with Gasteiger partial charge in [-0.3, -0.25) is 0 Å². The SMILES string of the molecule is CS(=O)(=O)c1cccc(-c2cc(Cl)cnc2N2CCCCC2)c1. The van der Waals surface area contributed by atoms with Crippen molar-refractivity contribution in [2.45, 2.75) is 24.2 Å². The van der Waals surface area contributed by atoms with E-state index in [0.29, 0.717) is 9.92 Å². The number of rotatable bonds is 3. The van der Waals surface area contributed by atoms with Crippen molar-refractivity contribution >= 4 is 27.3 Å². The molecule has 1 saturated heterocycles. The van der Waals surface area contributed by atoms with Crippen LogP contribution in [0.3, 0.4) is 0 Å². The van der Waals surface area contributed by atoms with Crippen LogP contribution in [0, 0.1) is 0 Å². The van der Waals surface area contributed by atoms with Gasteiger partial charge in [0.05, 0.1) is 9.92 Å². The summed E-state index contributed by atoms with van der Waals surface area (Å²) in [5.74, 6) is 0.875. The van der Waals surface area contributed by atoms with Crippen molar-refractivity contribution in [3.05, 3.63) is 41.6 Å². The van der Waals surface area contributed by atoms with Gasteiger partial charge in [0.15, 0.2) is 9.84 Å². The first kappa shape index (κ1) is 16.3. The highest BCUT2D eigenvalue weighted by molar-refractivity contribution is 7.90. The van der Waals surface area contributed by atoms with E-state index in [0.717, 1.165) is 42.9 Å². The van der Waals surface area contributed by atoms with Crippen LogP contribution in [-0.2, 0) is 9.84 Å². The van der Waals surface area contributed by atoms with Crippen LogP contribution in [0.1, 0.15) is 19.3 Å². The number of aromatic nitrogens is 1. The molecule has 23 heavy (non-hydrogen) atoms. The molecule has 0 saturated carbocycles. The lowest BCUT2D eigenvalue weighted by Crippen LogP contribution is -2.30. The second-order valence-electron chi connectivity index (χ2n) is 5.87. The van der Waals surface area contributed by atoms with Gasteiger partial charge >= 0.3 is 0 Å². The maximum absolute atomic E-state index is 11.8. The Morgan fingerprint density at radius 3 is 2.57 bits per heavy atom. The van der Waals surface area contributed by atoms with E-state index in [2.05, 4.69) is 9.88 Å². The van der Waals surface area contributed by atoms with E-state index in [9.17, 15) is 8.42 Å².